The van der Waals surface area contributed by atoms with Gasteiger partial charge in [-0.1, -0.05) is 6.07 Å². The molecule has 1 atom stereocenters. The number of hydrogen-bond acceptors (Lipinski definition) is 4. The van der Waals surface area contributed by atoms with Gasteiger partial charge in [0, 0.05) is 0 Å². The van der Waals surface area contributed by atoms with Gasteiger partial charge in [0.15, 0.2) is 0 Å². The van der Waals surface area contributed by atoms with Crippen LogP contribution in [0.4, 0.5) is 10.1 Å². The largest absolute Gasteiger partial charge is 0.396 e. The van der Waals surface area contributed by atoms with Gasteiger partial charge in [0.05, 0.1) is 17.7 Å². The number of imide groups is 1. The Bertz CT molecular complexity index is 544. The smallest absolute Gasteiger partial charge is 0.254 e. The number of amides is 3. The molecule has 18 heavy (non-hydrogen) atoms. The number of carbonyl (C=O) groups excluding carboxylic acids is 3. The molecule has 0 aliphatic carbocycles. The summed E-state index contributed by atoms with van der Waals surface area (Å²) < 4.78 is 13.2. The fourth-order valence-corrected chi connectivity index (χ4v) is 1.64. The van der Waals surface area contributed by atoms with Crippen molar-refractivity contribution in [1.29, 1.82) is 0 Å². The number of halogens is 1. The zero-order valence-electron chi connectivity index (χ0n) is 9.20. The average molecular weight is 251 g/mol. The van der Waals surface area contributed by atoms with Gasteiger partial charge in [0.2, 0.25) is 11.8 Å². The molecule has 0 bridgehead atoms. The minimum Gasteiger partial charge on any atom is -0.396 e. The lowest BCUT2D eigenvalue weighted by atomic mass is 10.1. The second-order valence-electron chi connectivity index (χ2n) is 3.84. The van der Waals surface area contributed by atoms with E-state index < -0.39 is 29.6 Å². The lowest BCUT2D eigenvalue weighted by Gasteiger charge is -2.10. The predicted octanol–water partition coefficient (Wildman–Crippen LogP) is -0.447. The van der Waals surface area contributed by atoms with Gasteiger partial charge >= 0.3 is 0 Å². The summed E-state index contributed by atoms with van der Waals surface area (Å²) in [5.74, 6) is -2.45. The van der Waals surface area contributed by atoms with E-state index in [1.165, 1.54) is 12.1 Å². The zero-order valence-corrected chi connectivity index (χ0v) is 9.20. The minimum atomic E-state index is -0.937. The first-order chi connectivity index (χ1) is 8.49. The highest BCUT2D eigenvalue weighted by Crippen LogP contribution is 2.16. The van der Waals surface area contributed by atoms with Crippen molar-refractivity contribution in [1.82, 2.24) is 10.6 Å². The molecule has 1 unspecified atom stereocenters. The van der Waals surface area contributed by atoms with Gasteiger partial charge in [-0.05, 0) is 12.1 Å². The highest BCUT2D eigenvalue weighted by Gasteiger charge is 2.32. The van der Waals surface area contributed by atoms with E-state index in [4.69, 9.17) is 5.73 Å². The Morgan fingerprint density at radius 1 is 1.44 bits per heavy atom. The molecule has 0 saturated carbocycles. The second kappa shape index (κ2) is 4.44. The molecule has 2 rings (SSSR count). The van der Waals surface area contributed by atoms with Crippen molar-refractivity contribution >= 4 is 23.4 Å². The molecule has 0 spiro atoms. The maximum Gasteiger partial charge on any atom is 0.254 e. The molecule has 3 amide bonds. The highest BCUT2D eigenvalue weighted by molar-refractivity contribution is 6.09. The molecule has 0 radical (unpaired) electrons. The summed E-state index contributed by atoms with van der Waals surface area (Å²) in [6, 6.07) is 2.86. The molecule has 4 N–H and O–H groups in total. The number of nitrogen functional groups attached to an aromatic ring is 1. The summed E-state index contributed by atoms with van der Waals surface area (Å²) >= 11 is 0. The molecule has 7 heteroatoms. The zero-order chi connectivity index (χ0) is 13.3. The van der Waals surface area contributed by atoms with Gasteiger partial charge in [0.25, 0.3) is 5.91 Å². The van der Waals surface area contributed by atoms with E-state index in [-0.39, 0.29) is 17.7 Å². The summed E-state index contributed by atoms with van der Waals surface area (Å²) in [7, 11) is 0. The van der Waals surface area contributed by atoms with E-state index in [2.05, 4.69) is 10.6 Å². The number of nitrogens with one attached hydrogen (secondary N) is 2. The van der Waals surface area contributed by atoms with Crippen LogP contribution in [-0.2, 0) is 9.59 Å². The summed E-state index contributed by atoms with van der Waals surface area (Å²) in [5.41, 5.74) is 5.06. The fraction of sp³-hybridized carbons (Fsp3) is 0.182. The Balaban J connectivity index is 2.15. The Hall–Kier alpha value is -2.44. The fourth-order valence-electron chi connectivity index (χ4n) is 1.64. The Morgan fingerprint density at radius 2 is 2.17 bits per heavy atom. The van der Waals surface area contributed by atoms with E-state index in [1.807, 2.05) is 0 Å². The molecule has 1 aromatic rings. The first kappa shape index (κ1) is 12.0. The SMILES string of the molecule is Nc1c(F)cccc1C(=O)NC1CC(=O)NC1=O. The van der Waals surface area contributed by atoms with Crippen molar-refractivity contribution in [2.45, 2.75) is 12.5 Å². The van der Waals surface area contributed by atoms with Crippen LogP contribution in [0.1, 0.15) is 16.8 Å². The minimum absolute atomic E-state index is 0.0675. The third-order valence-electron chi connectivity index (χ3n) is 2.57. The average Bonchev–Trinajstić information content (AvgIpc) is 2.61. The topological polar surface area (TPSA) is 101 Å². The van der Waals surface area contributed by atoms with E-state index >= 15 is 0 Å². The van der Waals surface area contributed by atoms with Crippen LogP contribution in [0.2, 0.25) is 0 Å². The number of nitrogens with two attached hydrogens (primary N) is 1. The molecule has 1 heterocycles. The molecule has 94 valence electrons. The van der Waals surface area contributed by atoms with Gasteiger partial charge in [-0.3, -0.25) is 19.7 Å². The van der Waals surface area contributed by atoms with Crippen LogP contribution in [-0.4, -0.2) is 23.8 Å². The normalized spacial score (nSPS) is 18.6. The molecule has 1 aliphatic rings. The van der Waals surface area contributed by atoms with Crippen LogP contribution in [0.25, 0.3) is 0 Å². The quantitative estimate of drug-likeness (QED) is 0.489. The van der Waals surface area contributed by atoms with Gasteiger partial charge < -0.3 is 11.1 Å². The number of rotatable bonds is 2. The second-order valence-corrected chi connectivity index (χ2v) is 3.84. The molecular weight excluding hydrogens is 241 g/mol. The van der Waals surface area contributed by atoms with Gasteiger partial charge in [0.1, 0.15) is 11.9 Å². The Labute approximate surface area is 101 Å². The Morgan fingerprint density at radius 3 is 2.78 bits per heavy atom. The molecule has 1 aliphatic heterocycles. The van der Waals surface area contributed by atoms with E-state index in [0.717, 1.165) is 6.07 Å². The van der Waals surface area contributed by atoms with Crippen LogP contribution in [0.5, 0.6) is 0 Å². The number of para-hydroxylation sites is 1. The van der Waals surface area contributed by atoms with Crippen LogP contribution in [0, 0.1) is 5.82 Å². The summed E-state index contributed by atoms with van der Waals surface area (Å²) in [4.78, 5) is 34.0. The van der Waals surface area contributed by atoms with Crippen LogP contribution >= 0.6 is 0 Å². The molecule has 1 aromatic carbocycles. The number of anilines is 1. The van der Waals surface area contributed by atoms with Crippen LogP contribution < -0.4 is 16.4 Å². The number of benzene rings is 1. The van der Waals surface area contributed by atoms with Crippen molar-refractivity contribution < 1.29 is 18.8 Å². The third-order valence-corrected chi connectivity index (χ3v) is 2.57. The van der Waals surface area contributed by atoms with Gasteiger partial charge in [-0.25, -0.2) is 4.39 Å². The monoisotopic (exact) mass is 251 g/mol. The van der Waals surface area contributed by atoms with Gasteiger partial charge in [-0.15, -0.1) is 0 Å². The molecule has 6 nitrogen and oxygen atoms in total. The summed E-state index contributed by atoms with van der Waals surface area (Å²) in [6.45, 7) is 0. The van der Waals surface area contributed by atoms with Crippen molar-refractivity contribution in [3.05, 3.63) is 29.6 Å². The van der Waals surface area contributed by atoms with Crippen molar-refractivity contribution in [2.75, 3.05) is 5.73 Å². The lowest BCUT2D eigenvalue weighted by molar-refractivity contribution is -0.125. The molecule has 1 fully saturated rings. The van der Waals surface area contributed by atoms with Crippen LogP contribution in [0.3, 0.4) is 0 Å². The van der Waals surface area contributed by atoms with Crippen molar-refractivity contribution in [3.8, 4) is 0 Å². The number of carbonyl (C=O) groups is 3. The molecule has 0 aromatic heterocycles. The van der Waals surface area contributed by atoms with Crippen LogP contribution in [0.15, 0.2) is 18.2 Å². The van der Waals surface area contributed by atoms with Crippen molar-refractivity contribution in [3.63, 3.8) is 0 Å². The van der Waals surface area contributed by atoms with E-state index in [9.17, 15) is 18.8 Å². The first-order valence-electron chi connectivity index (χ1n) is 5.17. The number of hydrogen-bond donors (Lipinski definition) is 3. The lowest BCUT2D eigenvalue weighted by Crippen LogP contribution is -2.40. The molecule has 1 saturated heterocycles. The predicted molar refractivity (Wildman–Crippen MR) is 59.8 cm³/mol. The standard InChI is InChI=1S/C11H10FN3O3/c12-6-3-1-2-5(9(6)13)10(17)14-7-4-8(16)15-11(7)18/h1-3,7H,4,13H2,(H,14,17)(H,15,16,18). The third kappa shape index (κ3) is 2.15. The first-order valence-corrected chi connectivity index (χ1v) is 5.17. The van der Waals surface area contributed by atoms with Gasteiger partial charge in [-0.2, -0.15) is 0 Å². The van der Waals surface area contributed by atoms with E-state index in [1.54, 1.807) is 0 Å². The maximum absolute atomic E-state index is 13.2. The summed E-state index contributed by atoms with van der Waals surface area (Å²) in [5, 5.41) is 4.38. The van der Waals surface area contributed by atoms with E-state index in [0.29, 0.717) is 0 Å². The highest BCUT2D eigenvalue weighted by atomic mass is 19.1. The Kier molecular flexibility index (Phi) is 2.97. The summed E-state index contributed by atoms with van der Waals surface area (Å²) in [6.07, 6.45) is -0.125. The van der Waals surface area contributed by atoms with Crippen molar-refractivity contribution in [2.24, 2.45) is 0 Å². The maximum atomic E-state index is 13.2. The molecular formula is C11H10FN3O3.